The lowest BCUT2D eigenvalue weighted by molar-refractivity contribution is 0.0963. The van der Waals surface area contributed by atoms with Crippen molar-refractivity contribution in [2.75, 3.05) is 12.8 Å². The number of carbonyl (C=O) groups excluding carboxylic acids is 1. The molecule has 0 spiro atoms. The molecule has 0 bridgehead atoms. The van der Waals surface area contributed by atoms with E-state index in [-0.39, 0.29) is 5.91 Å². The number of aryl methyl sites for hydroxylation is 2. The molecule has 108 valence electrons. The van der Waals surface area contributed by atoms with Crippen LogP contribution in [0.5, 0.6) is 11.5 Å². The van der Waals surface area contributed by atoms with Crippen molar-refractivity contribution in [2.24, 2.45) is 0 Å². The van der Waals surface area contributed by atoms with Crippen LogP contribution in [0.25, 0.3) is 0 Å². The molecular formula is C17H18N2O2. The zero-order valence-corrected chi connectivity index (χ0v) is 12.0. The highest BCUT2D eigenvalue weighted by atomic mass is 16.5. The summed E-state index contributed by atoms with van der Waals surface area (Å²) in [6.07, 6.45) is 3.44. The Kier molecular flexibility index (Phi) is 3.52. The van der Waals surface area contributed by atoms with Gasteiger partial charge in [-0.1, -0.05) is 6.07 Å². The van der Waals surface area contributed by atoms with Crippen molar-refractivity contribution < 1.29 is 9.53 Å². The molecule has 1 amide bonds. The zero-order valence-electron chi connectivity index (χ0n) is 12.0. The van der Waals surface area contributed by atoms with E-state index >= 15 is 0 Å². The normalized spacial score (nSPS) is 12.8. The third kappa shape index (κ3) is 2.70. The van der Waals surface area contributed by atoms with Gasteiger partial charge >= 0.3 is 0 Å². The largest absolute Gasteiger partial charge is 0.455 e. The second-order valence-electron chi connectivity index (χ2n) is 5.22. The molecule has 1 aliphatic rings. The van der Waals surface area contributed by atoms with Crippen molar-refractivity contribution in [2.45, 2.75) is 19.3 Å². The number of anilines is 1. The van der Waals surface area contributed by atoms with Crippen molar-refractivity contribution in [1.29, 1.82) is 0 Å². The number of rotatable bonds is 3. The van der Waals surface area contributed by atoms with Gasteiger partial charge in [0.25, 0.3) is 5.91 Å². The van der Waals surface area contributed by atoms with Gasteiger partial charge in [0, 0.05) is 12.6 Å². The maximum Gasteiger partial charge on any atom is 0.251 e. The fourth-order valence-electron chi connectivity index (χ4n) is 2.65. The number of nitrogens with two attached hydrogens (primary N) is 1. The second-order valence-corrected chi connectivity index (χ2v) is 5.22. The van der Waals surface area contributed by atoms with Crippen molar-refractivity contribution in [3.05, 3.63) is 53.1 Å². The molecule has 2 aromatic carbocycles. The van der Waals surface area contributed by atoms with Gasteiger partial charge in [-0.15, -0.1) is 0 Å². The van der Waals surface area contributed by atoms with Gasteiger partial charge in [-0.3, -0.25) is 4.79 Å². The van der Waals surface area contributed by atoms with Crippen LogP contribution in [-0.4, -0.2) is 13.0 Å². The smallest absolute Gasteiger partial charge is 0.251 e. The highest BCUT2D eigenvalue weighted by Gasteiger charge is 2.13. The first-order valence-electron chi connectivity index (χ1n) is 7.08. The summed E-state index contributed by atoms with van der Waals surface area (Å²) in [5.74, 6) is 1.11. The first-order chi connectivity index (χ1) is 10.2. The predicted molar refractivity (Wildman–Crippen MR) is 82.8 cm³/mol. The van der Waals surface area contributed by atoms with Crippen LogP contribution in [0.15, 0.2) is 36.4 Å². The van der Waals surface area contributed by atoms with Gasteiger partial charge in [0.15, 0.2) is 5.75 Å². The molecule has 4 nitrogen and oxygen atoms in total. The first-order valence-corrected chi connectivity index (χ1v) is 7.08. The van der Waals surface area contributed by atoms with E-state index in [0.717, 1.165) is 18.6 Å². The van der Waals surface area contributed by atoms with Gasteiger partial charge in [-0.05, 0) is 60.7 Å². The van der Waals surface area contributed by atoms with E-state index in [1.807, 2.05) is 6.07 Å². The molecule has 0 atom stereocenters. The van der Waals surface area contributed by atoms with E-state index in [1.165, 1.54) is 17.5 Å². The van der Waals surface area contributed by atoms with Crippen LogP contribution >= 0.6 is 0 Å². The summed E-state index contributed by atoms with van der Waals surface area (Å²) in [4.78, 5) is 11.7. The molecule has 0 radical (unpaired) electrons. The number of nitrogen functional groups attached to an aromatic ring is 1. The molecule has 0 unspecified atom stereocenters. The van der Waals surface area contributed by atoms with Crippen molar-refractivity contribution in [3.63, 3.8) is 0 Å². The Morgan fingerprint density at radius 1 is 1.14 bits per heavy atom. The molecule has 0 saturated carbocycles. The number of ether oxygens (including phenoxy) is 1. The van der Waals surface area contributed by atoms with Crippen LogP contribution < -0.4 is 15.8 Å². The minimum absolute atomic E-state index is 0.159. The Balaban J connectivity index is 1.89. The highest BCUT2D eigenvalue weighted by Crippen LogP contribution is 2.32. The lowest BCUT2D eigenvalue weighted by Gasteiger charge is -2.11. The fourth-order valence-corrected chi connectivity index (χ4v) is 2.65. The molecule has 4 heteroatoms. The third-order valence-electron chi connectivity index (χ3n) is 3.80. The van der Waals surface area contributed by atoms with E-state index in [2.05, 4.69) is 17.4 Å². The highest BCUT2D eigenvalue weighted by molar-refractivity contribution is 5.95. The van der Waals surface area contributed by atoms with Crippen LogP contribution in [0, 0.1) is 0 Å². The Morgan fingerprint density at radius 3 is 2.76 bits per heavy atom. The monoisotopic (exact) mass is 282 g/mol. The van der Waals surface area contributed by atoms with Crippen LogP contribution in [0.4, 0.5) is 5.69 Å². The molecule has 0 heterocycles. The molecule has 21 heavy (non-hydrogen) atoms. The lowest BCUT2D eigenvalue weighted by Crippen LogP contribution is -2.17. The topological polar surface area (TPSA) is 64.4 Å². The number of hydrogen-bond donors (Lipinski definition) is 2. The number of amides is 1. The van der Waals surface area contributed by atoms with E-state index in [9.17, 15) is 4.79 Å². The summed E-state index contributed by atoms with van der Waals surface area (Å²) in [5.41, 5.74) is 9.72. The standard InChI is InChI=1S/C17H18N2O2/c1-19-17(20)13-6-8-15(18)16(10-13)21-14-7-5-11-3-2-4-12(11)9-14/h5-10H,2-4,18H2,1H3,(H,19,20). The number of carbonyl (C=O) groups is 1. The van der Waals surface area contributed by atoms with Gasteiger partial charge < -0.3 is 15.8 Å². The molecule has 3 N–H and O–H groups in total. The Bertz CT molecular complexity index is 695. The summed E-state index contributed by atoms with van der Waals surface area (Å²) in [5, 5.41) is 2.59. The minimum Gasteiger partial charge on any atom is -0.455 e. The van der Waals surface area contributed by atoms with Crippen LogP contribution in [0.3, 0.4) is 0 Å². The molecule has 0 fully saturated rings. The Hall–Kier alpha value is -2.49. The van der Waals surface area contributed by atoms with Gasteiger partial charge in [-0.2, -0.15) is 0 Å². The summed E-state index contributed by atoms with van der Waals surface area (Å²) < 4.78 is 5.86. The molecule has 0 aromatic heterocycles. The molecule has 2 aromatic rings. The maximum atomic E-state index is 11.7. The maximum absolute atomic E-state index is 11.7. The van der Waals surface area contributed by atoms with Gasteiger partial charge in [-0.25, -0.2) is 0 Å². The average Bonchev–Trinajstić information content (AvgIpc) is 2.96. The van der Waals surface area contributed by atoms with E-state index in [1.54, 1.807) is 25.2 Å². The summed E-state index contributed by atoms with van der Waals surface area (Å²) in [6, 6.07) is 11.2. The second kappa shape index (κ2) is 5.48. The number of benzene rings is 2. The van der Waals surface area contributed by atoms with Crippen LogP contribution in [-0.2, 0) is 12.8 Å². The predicted octanol–water partition coefficient (Wildman–Crippen LogP) is 2.91. The SMILES string of the molecule is CNC(=O)c1ccc(N)c(Oc2ccc3c(c2)CCC3)c1. The van der Waals surface area contributed by atoms with Crippen molar-refractivity contribution in [1.82, 2.24) is 5.32 Å². The van der Waals surface area contributed by atoms with Crippen LogP contribution in [0.2, 0.25) is 0 Å². The van der Waals surface area contributed by atoms with E-state index in [0.29, 0.717) is 17.0 Å². The zero-order chi connectivity index (χ0) is 14.8. The van der Waals surface area contributed by atoms with Crippen molar-refractivity contribution in [3.8, 4) is 11.5 Å². The quantitative estimate of drug-likeness (QED) is 0.851. The van der Waals surface area contributed by atoms with Gasteiger partial charge in [0.1, 0.15) is 5.75 Å². The fraction of sp³-hybridized carbons (Fsp3) is 0.235. The van der Waals surface area contributed by atoms with E-state index in [4.69, 9.17) is 10.5 Å². The molecule has 1 aliphatic carbocycles. The molecular weight excluding hydrogens is 264 g/mol. The first kappa shape index (κ1) is 13.5. The third-order valence-corrected chi connectivity index (χ3v) is 3.80. The molecule has 0 saturated heterocycles. The summed E-state index contributed by atoms with van der Waals surface area (Å²) in [7, 11) is 1.60. The average molecular weight is 282 g/mol. The van der Waals surface area contributed by atoms with Crippen molar-refractivity contribution >= 4 is 11.6 Å². The van der Waals surface area contributed by atoms with Crippen LogP contribution in [0.1, 0.15) is 27.9 Å². The molecule has 3 rings (SSSR count). The Morgan fingerprint density at radius 2 is 1.95 bits per heavy atom. The number of fused-ring (bicyclic) bond motifs is 1. The lowest BCUT2D eigenvalue weighted by atomic mass is 10.1. The number of nitrogens with one attached hydrogen (secondary N) is 1. The Labute approximate surface area is 123 Å². The summed E-state index contributed by atoms with van der Waals surface area (Å²) in [6.45, 7) is 0. The minimum atomic E-state index is -0.159. The number of hydrogen-bond acceptors (Lipinski definition) is 3. The molecule has 0 aliphatic heterocycles. The summed E-state index contributed by atoms with van der Waals surface area (Å²) >= 11 is 0. The van der Waals surface area contributed by atoms with Gasteiger partial charge in [0.2, 0.25) is 0 Å². The van der Waals surface area contributed by atoms with E-state index < -0.39 is 0 Å². The van der Waals surface area contributed by atoms with Gasteiger partial charge in [0.05, 0.1) is 5.69 Å².